The molecule has 0 atom stereocenters. The molecule has 2 heterocycles. The molecule has 3 aromatic rings. The first-order valence-electron chi connectivity index (χ1n) is 8.61. The van der Waals surface area contributed by atoms with Crippen molar-refractivity contribution in [3.63, 3.8) is 0 Å². The minimum absolute atomic E-state index is 0. The van der Waals surface area contributed by atoms with Gasteiger partial charge in [-0.3, -0.25) is 9.67 Å². The topological polar surface area (TPSA) is 67.1 Å². The third-order valence-electron chi connectivity index (χ3n) is 3.84. The van der Waals surface area contributed by atoms with Crippen LogP contribution in [0.15, 0.2) is 47.7 Å². The Kier molecular flexibility index (Phi) is 8.82. The Morgan fingerprint density at radius 2 is 1.96 bits per heavy atom. The SMILES string of the molecule is CN=C(NCCCc1nc2ccccc2s1)NCCCn1cccn1.I. The number of nitrogens with one attached hydrogen (secondary N) is 2. The maximum atomic E-state index is 4.67. The first-order valence-corrected chi connectivity index (χ1v) is 9.43. The fourth-order valence-corrected chi connectivity index (χ4v) is 3.58. The van der Waals surface area contributed by atoms with E-state index in [0.29, 0.717) is 0 Å². The van der Waals surface area contributed by atoms with Gasteiger partial charge < -0.3 is 10.6 Å². The van der Waals surface area contributed by atoms with Crippen molar-refractivity contribution in [1.82, 2.24) is 25.4 Å². The highest BCUT2D eigenvalue weighted by molar-refractivity contribution is 14.0. The summed E-state index contributed by atoms with van der Waals surface area (Å²) in [5.74, 6) is 0.852. The second-order valence-corrected chi connectivity index (χ2v) is 6.84. The Morgan fingerprint density at radius 1 is 1.15 bits per heavy atom. The first-order chi connectivity index (χ1) is 12.3. The van der Waals surface area contributed by atoms with Crippen LogP contribution in [0.2, 0.25) is 0 Å². The largest absolute Gasteiger partial charge is 0.356 e. The average molecular weight is 484 g/mol. The van der Waals surface area contributed by atoms with E-state index in [4.69, 9.17) is 0 Å². The highest BCUT2D eigenvalue weighted by Gasteiger charge is 2.03. The van der Waals surface area contributed by atoms with Gasteiger partial charge in [-0.25, -0.2) is 4.98 Å². The fraction of sp³-hybridized carbons (Fsp3) is 0.389. The Balaban J connectivity index is 0.00000243. The van der Waals surface area contributed by atoms with Gasteiger partial charge in [-0.05, 0) is 31.0 Å². The number of aryl methyl sites for hydroxylation is 2. The molecule has 2 N–H and O–H groups in total. The van der Waals surface area contributed by atoms with E-state index < -0.39 is 0 Å². The van der Waals surface area contributed by atoms with E-state index in [9.17, 15) is 0 Å². The van der Waals surface area contributed by atoms with Gasteiger partial charge in [0.25, 0.3) is 0 Å². The lowest BCUT2D eigenvalue weighted by Crippen LogP contribution is -2.38. The third-order valence-corrected chi connectivity index (χ3v) is 4.93. The van der Waals surface area contributed by atoms with Gasteiger partial charge in [-0.2, -0.15) is 5.10 Å². The fourth-order valence-electron chi connectivity index (χ4n) is 2.57. The molecule has 140 valence electrons. The highest BCUT2D eigenvalue weighted by atomic mass is 127. The van der Waals surface area contributed by atoms with Crippen molar-refractivity contribution >= 4 is 51.5 Å². The molecule has 26 heavy (non-hydrogen) atoms. The van der Waals surface area contributed by atoms with Crippen LogP contribution in [-0.4, -0.2) is 40.9 Å². The predicted molar refractivity (Wildman–Crippen MR) is 120 cm³/mol. The molecule has 1 aromatic carbocycles. The molecule has 0 spiro atoms. The Labute approximate surface area is 175 Å². The molecule has 0 fully saturated rings. The molecule has 0 aliphatic rings. The van der Waals surface area contributed by atoms with Gasteiger partial charge in [0.1, 0.15) is 0 Å². The molecule has 2 aromatic heterocycles. The molecule has 6 nitrogen and oxygen atoms in total. The second kappa shape index (κ2) is 11.1. The molecule has 0 saturated carbocycles. The zero-order valence-electron chi connectivity index (χ0n) is 14.9. The number of aromatic nitrogens is 3. The van der Waals surface area contributed by atoms with Gasteiger partial charge in [0, 0.05) is 45.5 Å². The summed E-state index contributed by atoms with van der Waals surface area (Å²) >= 11 is 1.78. The van der Waals surface area contributed by atoms with Crippen molar-refractivity contribution in [2.45, 2.75) is 25.8 Å². The number of para-hydroxylation sites is 1. The summed E-state index contributed by atoms with van der Waals surface area (Å²) < 4.78 is 3.20. The summed E-state index contributed by atoms with van der Waals surface area (Å²) in [7, 11) is 1.80. The lowest BCUT2D eigenvalue weighted by atomic mass is 10.3. The van der Waals surface area contributed by atoms with Gasteiger partial charge in [0.05, 0.1) is 15.2 Å². The molecule has 0 aliphatic heterocycles. The number of nitrogens with zero attached hydrogens (tertiary/aromatic N) is 4. The van der Waals surface area contributed by atoms with E-state index in [1.165, 1.54) is 9.71 Å². The van der Waals surface area contributed by atoms with Crippen LogP contribution >= 0.6 is 35.3 Å². The van der Waals surface area contributed by atoms with Crippen LogP contribution in [0.5, 0.6) is 0 Å². The smallest absolute Gasteiger partial charge is 0.190 e. The number of hydrogen-bond donors (Lipinski definition) is 2. The molecule has 0 aliphatic carbocycles. The van der Waals surface area contributed by atoms with Crippen LogP contribution in [-0.2, 0) is 13.0 Å². The minimum Gasteiger partial charge on any atom is -0.356 e. The number of fused-ring (bicyclic) bond motifs is 1. The van der Waals surface area contributed by atoms with Crippen molar-refractivity contribution in [3.8, 4) is 0 Å². The minimum atomic E-state index is 0. The summed E-state index contributed by atoms with van der Waals surface area (Å²) in [6, 6.07) is 10.2. The summed E-state index contributed by atoms with van der Waals surface area (Å²) in [5, 5.41) is 12.1. The van der Waals surface area contributed by atoms with Crippen molar-refractivity contribution in [2.24, 2.45) is 4.99 Å². The van der Waals surface area contributed by atoms with E-state index in [1.807, 2.05) is 23.0 Å². The molecular weight excluding hydrogens is 459 g/mol. The number of rotatable bonds is 8. The first kappa shape index (κ1) is 20.6. The number of aliphatic imine (C=N–C) groups is 1. The van der Waals surface area contributed by atoms with Crippen molar-refractivity contribution in [2.75, 3.05) is 20.1 Å². The molecule has 0 bridgehead atoms. The predicted octanol–water partition coefficient (Wildman–Crippen LogP) is 3.30. The molecule has 3 rings (SSSR count). The zero-order chi connectivity index (χ0) is 17.3. The normalized spacial score (nSPS) is 11.3. The Hall–Kier alpha value is -1.68. The number of benzene rings is 1. The summed E-state index contributed by atoms with van der Waals surface area (Å²) in [4.78, 5) is 8.93. The molecule has 0 saturated heterocycles. The third kappa shape index (κ3) is 6.24. The standard InChI is InChI=1S/C18H24N6S.HI/c1-19-18(21-11-5-13-24-14-6-12-22-24)20-10-4-9-17-23-15-7-2-3-8-16(15)25-17;/h2-3,6-8,12,14H,4-5,9-11,13H2,1H3,(H2,19,20,21);1H. The van der Waals surface area contributed by atoms with E-state index >= 15 is 0 Å². The van der Waals surface area contributed by atoms with Crippen LogP contribution < -0.4 is 10.6 Å². The van der Waals surface area contributed by atoms with Gasteiger partial charge in [-0.15, -0.1) is 35.3 Å². The van der Waals surface area contributed by atoms with Crippen LogP contribution in [0.3, 0.4) is 0 Å². The summed E-state index contributed by atoms with van der Waals surface area (Å²) in [6.45, 7) is 2.67. The second-order valence-electron chi connectivity index (χ2n) is 5.73. The van der Waals surface area contributed by atoms with Crippen LogP contribution in [0.4, 0.5) is 0 Å². The number of halogens is 1. The van der Waals surface area contributed by atoms with Crippen molar-refractivity contribution < 1.29 is 0 Å². The van der Waals surface area contributed by atoms with E-state index in [0.717, 1.165) is 50.4 Å². The lowest BCUT2D eigenvalue weighted by molar-refractivity contribution is 0.570. The van der Waals surface area contributed by atoms with Crippen LogP contribution in [0, 0.1) is 0 Å². The van der Waals surface area contributed by atoms with Crippen LogP contribution in [0.1, 0.15) is 17.8 Å². The number of hydrogen-bond acceptors (Lipinski definition) is 4. The Morgan fingerprint density at radius 3 is 2.69 bits per heavy atom. The molecular formula is C18H25IN6S. The molecule has 0 unspecified atom stereocenters. The van der Waals surface area contributed by atoms with Crippen LogP contribution in [0.25, 0.3) is 10.2 Å². The Bertz CT molecular complexity index is 766. The van der Waals surface area contributed by atoms with E-state index in [2.05, 4.69) is 43.9 Å². The van der Waals surface area contributed by atoms with E-state index in [-0.39, 0.29) is 24.0 Å². The maximum absolute atomic E-state index is 4.67. The summed E-state index contributed by atoms with van der Waals surface area (Å²) in [5.41, 5.74) is 1.10. The maximum Gasteiger partial charge on any atom is 0.190 e. The lowest BCUT2D eigenvalue weighted by Gasteiger charge is -2.11. The molecule has 0 amide bonds. The quantitative estimate of drug-likeness (QED) is 0.223. The molecule has 8 heteroatoms. The monoisotopic (exact) mass is 484 g/mol. The summed E-state index contributed by atoms with van der Waals surface area (Å²) in [6.07, 6.45) is 6.82. The van der Waals surface area contributed by atoms with Gasteiger partial charge >= 0.3 is 0 Å². The van der Waals surface area contributed by atoms with Crippen molar-refractivity contribution in [1.29, 1.82) is 0 Å². The highest BCUT2D eigenvalue weighted by Crippen LogP contribution is 2.22. The number of thiazole rings is 1. The van der Waals surface area contributed by atoms with Gasteiger partial charge in [0.15, 0.2) is 5.96 Å². The van der Waals surface area contributed by atoms with Gasteiger partial charge in [-0.1, -0.05) is 12.1 Å². The average Bonchev–Trinajstić information content (AvgIpc) is 3.29. The molecule has 0 radical (unpaired) electrons. The zero-order valence-corrected chi connectivity index (χ0v) is 18.0. The van der Waals surface area contributed by atoms with Gasteiger partial charge in [0.2, 0.25) is 0 Å². The number of guanidine groups is 1. The van der Waals surface area contributed by atoms with E-state index in [1.54, 1.807) is 24.6 Å². The van der Waals surface area contributed by atoms with Crippen molar-refractivity contribution in [3.05, 3.63) is 47.7 Å².